The summed E-state index contributed by atoms with van der Waals surface area (Å²) in [6, 6.07) is 15.7. The molecule has 2 heterocycles. The zero-order valence-corrected chi connectivity index (χ0v) is 23.1. The molecular weight excluding hydrogens is 545 g/mol. The fourth-order valence-electron chi connectivity index (χ4n) is 4.52. The number of likely N-dealkylation sites (N-methyl/N-ethyl adjacent to an activating group) is 1. The summed E-state index contributed by atoms with van der Waals surface area (Å²) in [4.78, 5) is 22.1. The molecule has 7 nitrogen and oxygen atoms in total. The number of alkyl halides is 3. The number of rotatable bonds is 11. The highest BCUT2D eigenvalue weighted by molar-refractivity contribution is 6.32. The van der Waals surface area contributed by atoms with Gasteiger partial charge in [0.05, 0.1) is 29.8 Å². The van der Waals surface area contributed by atoms with Gasteiger partial charge in [0.15, 0.2) is 0 Å². The highest BCUT2D eigenvalue weighted by Crippen LogP contribution is 2.36. The van der Waals surface area contributed by atoms with Crippen molar-refractivity contribution >= 4 is 17.5 Å². The molecule has 1 N–H and O–H groups in total. The zero-order chi connectivity index (χ0) is 28.7. The maximum absolute atomic E-state index is 13.4. The summed E-state index contributed by atoms with van der Waals surface area (Å²) in [7, 11) is 4.12. The van der Waals surface area contributed by atoms with E-state index in [4.69, 9.17) is 21.1 Å². The Balaban J connectivity index is 1.47. The molecule has 0 saturated carbocycles. The first-order valence-electron chi connectivity index (χ1n) is 12.9. The summed E-state index contributed by atoms with van der Waals surface area (Å²) in [5.74, 6) is -0.556. The van der Waals surface area contributed by atoms with Crippen molar-refractivity contribution in [3.8, 4) is 11.6 Å². The fourth-order valence-corrected chi connectivity index (χ4v) is 4.74. The van der Waals surface area contributed by atoms with Gasteiger partial charge < -0.3 is 19.7 Å². The number of carbonyl (C=O) groups excluding carboxylic acids is 1. The molecule has 2 aromatic carbocycles. The topological polar surface area (TPSA) is 66.9 Å². The Kier molecular flexibility index (Phi) is 10.0. The summed E-state index contributed by atoms with van der Waals surface area (Å²) in [5, 5.41) is 2.79. The fraction of sp³-hybridized carbons (Fsp3) is 0.379. The number of likely N-dealkylation sites (tertiary alicyclic amines) is 1. The first-order chi connectivity index (χ1) is 19.1. The maximum atomic E-state index is 13.4. The third kappa shape index (κ3) is 8.17. The van der Waals surface area contributed by atoms with E-state index in [2.05, 4.69) is 34.2 Å². The van der Waals surface area contributed by atoms with E-state index in [1.165, 1.54) is 12.3 Å². The van der Waals surface area contributed by atoms with Crippen LogP contribution < -0.4 is 10.1 Å². The van der Waals surface area contributed by atoms with Crippen LogP contribution in [0.3, 0.4) is 0 Å². The van der Waals surface area contributed by atoms with Crippen LogP contribution in [0.25, 0.3) is 0 Å². The number of amides is 1. The lowest BCUT2D eigenvalue weighted by Gasteiger charge is -2.26. The average molecular weight is 577 g/mol. The molecule has 0 spiro atoms. The van der Waals surface area contributed by atoms with Crippen molar-refractivity contribution in [2.24, 2.45) is 0 Å². The van der Waals surface area contributed by atoms with Crippen LogP contribution >= 0.6 is 11.6 Å². The smallest absolute Gasteiger partial charge is 0.416 e. The summed E-state index contributed by atoms with van der Waals surface area (Å²) in [5.41, 5.74) is 0.248. The SMILES string of the molecule is CN(C)[C@H]1CCN(CC(COCc2ccccc2)NC(=O)c2cccnc2Oc2ccc(C(F)(F)F)cc2Cl)C1. The Morgan fingerprint density at radius 3 is 2.62 bits per heavy atom. The normalized spacial score (nSPS) is 16.7. The minimum atomic E-state index is -4.54. The molecule has 1 aromatic heterocycles. The minimum Gasteiger partial charge on any atom is -0.437 e. The van der Waals surface area contributed by atoms with Gasteiger partial charge in [-0.05, 0) is 63.0 Å². The van der Waals surface area contributed by atoms with Crippen molar-refractivity contribution in [1.82, 2.24) is 20.1 Å². The zero-order valence-electron chi connectivity index (χ0n) is 22.3. The van der Waals surface area contributed by atoms with Gasteiger partial charge in [-0.3, -0.25) is 9.69 Å². The Morgan fingerprint density at radius 1 is 1.18 bits per heavy atom. The Labute approximate surface area is 236 Å². The molecule has 1 aliphatic rings. The highest BCUT2D eigenvalue weighted by Gasteiger charge is 2.31. The molecule has 11 heteroatoms. The number of carbonyl (C=O) groups is 1. The number of benzene rings is 2. The van der Waals surface area contributed by atoms with Gasteiger partial charge in [-0.25, -0.2) is 4.98 Å². The second-order valence-electron chi connectivity index (χ2n) is 9.94. The quantitative estimate of drug-likeness (QED) is 0.325. The minimum absolute atomic E-state index is 0.0445. The lowest BCUT2D eigenvalue weighted by molar-refractivity contribution is -0.137. The molecule has 214 valence electrons. The van der Waals surface area contributed by atoms with Crippen molar-refractivity contribution < 1.29 is 27.4 Å². The molecule has 1 saturated heterocycles. The van der Waals surface area contributed by atoms with Gasteiger partial charge in [-0.15, -0.1) is 0 Å². The molecule has 3 aromatic rings. The van der Waals surface area contributed by atoms with Crippen LogP contribution in [0.4, 0.5) is 13.2 Å². The number of pyridine rings is 1. The average Bonchev–Trinajstić information content (AvgIpc) is 3.39. The van der Waals surface area contributed by atoms with Crippen LogP contribution in [0.5, 0.6) is 11.6 Å². The standard InChI is InChI=1S/C29H32ClF3N4O3/c1-36(2)23-12-14-37(17-23)16-22(19-39-18-20-7-4-3-5-8-20)35-27(38)24-9-6-13-34-28(24)40-26-11-10-21(15-25(26)30)29(31,32)33/h3-11,13,15,22-23H,12,14,16-19H2,1-2H3,(H,35,38)/t22?,23-/m0/s1. The van der Waals surface area contributed by atoms with Crippen molar-refractivity contribution in [2.45, 2.75) is 31.3 Å². The van der Waals surface area contributed by atoms with Crippen molar-refractivity contribution in [2.75, 3.05) is 40.3 Å². The van der Waals surface area contributed by atoms with Crippen molar-refractivity contribution in [1.29, 1.82) is 0 Å². The van der Waals surface area contributed by atoms with Crippen molar-refractivity contribution in [3.63, 3.8) is 0 Å². The van der Waals surface area contributed by atoms with E-state index in [-0.39, 0.29) is 34.9 Å². The van der Waals surface area contributed by atoms with Crippen LogP contribution in [-0.2, 0) is 17.5 Å². The Hall–Kier alpha value is -3.18. The number of ether oxygens (including phenoxy) is 2. The summed E-state index contributed by atoms with van der Waals surface area (Å²) in [6.45, 7) is 3.06. The van der Waals surface area contributed by atoms with E-state index in [9.17, 15) is 18.0 Å². The van der Waals surface area contributed by atoms with Gasteiger partial charge in [0.1, 0.15) is 11.3 Å². The Morgan fingerprint density at radius 2 is 1.95 bits per heavy atom. The largest absolute Gasteiger partial charge is 0.437 e. The third-order valence-corrected chi connectivity index (χ3v) is 7.00. The second-order valence-corrected chi connectivity index (χ2v) is 10.3. The lowest BCUT2D eigenvalue weighted by atomic mass is 10.2. The molecule has 2 atom stereocenters. The summed E-state index contributed by atoms with van der Waals surface area (Å²) < 4.78 is 50.8. The predicted molar refractivity (Wildman–Crippen MR) is 147 cm³/mol. The summed E-state index contributed by atoms with van der Waals surface area (Å²) in [6.07, 6.45) is -2.08. The van der Waals surface area contributed by atoms with E-state index in [1.807, 2.05) is 30.3 Å². The third-order valence-electron chi connectivity index (χ3n) is 6.70. The molecule has 40 heavy (non-hydrogen) atoms. The van der Waals surface area contributed by atoms with E-state index in [1.54, 1.807) is 6.07 Å². The molecule has 0 bridgehead atoms. The van der Waals surface area contributed by atoms with Crippen LogP contribution in [0, 0.1) is 0 Å². The van der Waals surface area contributed by atoms with E-state index in [0.717, 1.165) is 43.3 Å². The summed E-state index contributed by atoms with van der Waals surface area (Å²) >= 11 is 6.06. The maximum Gasteiger partial charge on any atom is 0.416 e. The van der Waals surface area contributed by atoms with Gasteiger partial charge in [-0.2, -0.15) is 13.2 Å². The van der Waals surface area contributed by atoms with Gasteiger partial charge in [0.25, 0.3) is 5.91 Å². The first kappa shape index (κ1) is 29.8. The van der Waals surface area contributed by atoms with E-state index >= 15 is 0 Å². The number of nitrogens with one attached hydrogen (secondary N) is 1. The molecule has 4 rings (SSSR count). The van der Waals surface area contributed by atoms with E-state index in [0.29, 0.717) is 19.2 Å². The second kappa shape index (κ2) is 13.5. The molecule has 1 aliphatic heterocycles. The number of nitrogens with zero attached hydrogens (tertiary/aromatic N) is 3. The highest BCUT2D eigenvalue weighted by atomic mass is 35.5. The molecule has 1 amide bonds. The Bertz CT molecular complexity index is 1280. The number of halogens is 4. The van der Waals surface area contributed by atoms with Crippen LogP contribution in [0.1, 0.15) is 27.9 Å². The first-order valence-corrected chi connectivity index (χ1v) is 13.3. The number of aromatic nitrogens is 1. The van der Waals surface area contributed by atoms with Crippen LogP contribution in [-0.4, -0.2) is 73.1 Å². The van der Waals surface area contributed by atoms with Crippen LogP contribution in [0.2, 0.25) is 5.02 Å². The monoisotopic (exact) mass is 576 g/mol. The molecular formula is C29H32ClF3N4O3. The lowest BCUT2D eigenvalue weighted by Crippen LogP contribution is -2.46. The van der Waals surface area contributed by atoms with E-state index < -0.39 is 17.6 Å². The number of hydrogen-bond donors (Lipinski definition) is 1. The molecule has 0 radical (unpaired) electrons. The van der Waals surface area contributed by atoms with Gasteiger partial charge in [-0.1, -0.05) is 41.9 Å². The predicted octanol–water partition coefficient (Wildman–Crippen LogP) is 5.50. The molecule has 0 aliphatic carbocycles. The van der Waals surface area contributed by atoms with Gasteiger partial charge in [0, 0.05) is 25.3 Å². The molecule has 1 fully saturated rings. The number of hydrogen-bond acceptors (Lipinski definition) is 6. The van der Waals surface area contributed by atoms with Gasteiger partial charge in [0.2, 0.25) is 5.88 Å². The van der Waals surface area contributed by atoms with Gasteiger partial charge >= 0.3 is 6.18 Å². The molecule has 1 unspecified atom stereocenters. The van der Waals surface area contributed by atoms with Crippen molar-refractivity contribution in [3.05, 3.63) is 88.6 Å². The van der Waals surface area contributed by atoms with Crippen LogP contribution in [0.15, 0.2) is 66.9 Å².